The van der Waals surface area contributed by atoms with E-state index < -0.39 is 16.2 Å². The van der Waals surface area contributed by atoms with Gasteiger partial charge >= 0.3 is 5.97 Å². The third kappa shape index (κ3) is 3.58. The van der Waals surface area contributed by atoms with Gasteiger partial charge in [0.2, 0.25) is 5.70 Å². The maximum absolute atomic E-state index is 14.5. The zero-order valence-corrected chi connectivity index (χ0v) is 25.7. The van der Waals surface area contributed by atoms with E-state index in [0.717, 1.165) is 50.5 Å². The van der Waals surface area contributed by atoms with Crippen molar-refractivity contribution in [3.05, 3.63) is 34.8 Å². The van der Waals surface area contributed by atoms with Crippen molar-refractivity contribution in [1.29, 1.82) is 0 Å². The number of esters is 1. The molecule has 0 aromatic carbocycles. The lowest BCUT2D eigenvalue weighted by molar-refractivity contribution is -0.191. The Kier molecular flexibility index (Phi) is 6.67. The summed E-state index contributed by atoms with van der Waals surface area (Å²) in [7, 11) is 3.13. The van der Waals surface area contributed by atoms with E-state index in [2.05, 4.69) is 39.5 Å². The largest absolute Gasteiger partial charge is 0.469 e. The molecular weight excluding hydrogens is 502 g/mol. The summed E-state index contributed by atoms with van der Waals surface area (Å²) < 4.78 is 10.8. The summed E-state index contributed by atoms with van der Waals surface area (Å²) in [5.74, 6) is -0.481. The van der Waals surface area contributed by atoms with Gasteiger partial charge in [0.1, 0.15) is 0 Å². The summed E-state index contributed by atoms with van der Waals surface area (Å²) in [6.45, 7) is 21.6. The first kappa shape index (κ1) is 29.2. The van der Waals surface area contributed by atoms with Crippen molar-refractivity contribution in [2.45, 2.75) is 92.9 Å². The Hall–Kier alpha value is -2.26. The molecular formula is C34H47NO5. The van der Waals surface area contributed by atoms with E-state index in [1.807, 2.05) is 19.1 Å². The highest BCUT2D eigenvalue weighted by molar-refractivity contribution is 6.03. The molecule has 5 aliphatic rings. The zero-order chi connectivity index (χ0) is 29.5. The Labute approximate surface area is 240 Å². The molecule has 6 heteroatoms. The number of hydrogen-bond donors (Lipinski definition) is 0. The maximum Gasteiger partial charge on any atom is 0.312 e. The molecule has 0 aromatic rings. The summed E-state index contributed by atoms with van der Waals surface area (Å²) >= 11 is 0. The Morgan fingerprint density at radius 2 is 1.70 bits per heavy atom. The predicted octanol–water partition coefficient (Wildman–Crippen LogP) is 6.75. The van der Waals surface area contributed by atoms with Crippen LogP contribution in [-0.2, 0) is 23.9 Å². The van der Waals surface area contributed by atoms with Crippen molar-refractivity contribution in [3.8, 4) is 0 Å². The molecule has 0 unspecified atom stereocenters. The highest BCUT2D eigenvalue weighted by Crippen LogP contribution is 2.74. The fourth-order valence-electron chi connectivity index (χ4n) is 10.6. The van der Waals surface area contributed by atoms with E-state index in [-0.39, 0.29) is 57.2 Å². The second kappa shape index (κ2) is 9.12. The Bertz CT molecular complexity index is 1260. The molecule has 0 heterocycles. The maximum atomic E-state index is 14.5. The number of fused-ring (bicyclic) bond motifs is 7. The number of carbonyl (C=O) groups excluding carboxylic acids is 3. The van der Waals surface area contributed by atoms with Gasteiger partial charge in [-0.1, -0.05) is 53.2 Å². The molecule has 6 nitrogen and oxygen atoms in total. The van der Waals surface area contributed by atoms with Crippen molar-refractivity contribution in [1.82, 2.24) is 0 Å². The van der Waals surface area contributed by atoms with E-state index >= 15 is 0 Å². The summed E-state index contributed by atoms with van der Waals surface area (Å²) in [5, 5.41) is 0. The highest BCUT2D eigenvalue weighted by atomic mass is 16.5. The second-order valence-corrected chi connectivity index (χ2v) is 15.3. The summed E-state index contributed by atoms with van der Waals surface area (Å²) in [6, 6.07) is 0. The molecule has 5 aliphatic carbocycles. The first-order chi connectivity index (χ1) is 18.6. The molecule has 0 saturated heterocycles. The lowest BCUT2D eigenvalue weighted by Gasteiger charge is -2.69. The number of Topliss-reactive ketones (excluding diaryl/α,β-unsaturated/α-hetero) is 1. The lowest BCUT2D eigenvalue weighted by atomic mass is 9.34. The van der Waals surface area contributed by atoms with Crippen LogP contribution in [0.2, 0.25) is 0 Å². The lowest BCUT2D eigenvalue weighted by Crippen LogP contribution is -2.66. The number of nitrogens with zero attached hydrogens (tertiary/aromatic N) is 1. The Morgan fingerprint density at radius 1 is 1.02 bits per heavy atom. The highest BCUT2D eigenvalue weighted by Gasteiger charge is 2.71. The van der Waals surface area contributed by atoms with Crippen molar-refractivity contribution < 1.29 is 23.9 Å². The third-order valence-electron chi connectivity index (χ3n) is 13.1. The summed E-state index contributed by atoms with van der Waals surface area (Å²) in [6.07, 6.45) is 10.1. The fourth-order valence-corrected chi connectivity index (χ4v) is 10.6. The first-order valence-electron chi connectivity index (χ1n) is 15.1. The number of hydrogen-bond acceptors (Lipinski definition) is 5. The number of rotatable bonds is 4. The number of methoxy groups -OCH3 is 2. The van der Waals surface area contributed by atoms with Crippen molar-refractivity contribution in [2.75, 3.05) is 20.8 Å². The van der Waals surface area contributed by atoms with Crippen LogP contribution in [0.15, 0.2) is 23.4 Å². The van der Waals surface area contributed by atoms with Gasteiger partial charge in [-0.3, -0.25) is 9.59 Å². The number of ketones is 2. The van der Waals surface area contributed by atoms with Crippen LogP contribution in [0.5, 0.6) is 0 Å². The first-order valence-corrected chi connectivity index (χ1v) is 15.1. The number of carbonyl (C=O) groups is 3. The molecule has 3 saturated carbocycles. The average Bonchev–Trinajstić information content (AvgIpc) is 2.90. The number of ether oxygens (including phenoxy) is 2. The molecule has 0 amide bonds. The topological polar surface area (TPSA) is 74.0 Å². The molecule has 3 fully saturated rings. The van der Waals surface area contributed by atoms with Crippen LogP contribution in [0.25, 0.3) is 4.85 Å². The molecule has 0 aliphatic heterocycles. The molecule has 0 radical (unpaired) electrons. The zero-order valence-electron chi connectivity index (χ0n) is 25.7. The normalized spacial score (nSPS) is 45.5. The molecule has 40 heavy (non-hydrogen) atoms. The van der Waals surface area contributed by atoms with Gasteiger partial charge in [-0.2, -0.15) is 0 Å². The minimum Gasteiger partial charge on any atom is -0.469 e. The van der Waals surface area contributed by atoms with Gasteiger partial charge in [-0.05, 0) is 85.5 Å². The van der Waals surface area contributed by atoms with Crippen molar-refractivity contribution in [2.24, 2.45) is 50.2 Å². The SMILES string of the molecule is [C-]#[N+]C1=C[C@]2(C)C3=CC(=O)[C@@H]4[C@@H]5CC(C)(C)CC[C@]5(C(=O)OC)CC[C@@]4(C)[C@]3(C)CC[C@H]2[C@](C)(CCOC)C1=O. The average molecular weight is 550 g/mol. The Balaban J connectivity index is 1.68. The Morgan fingerprint density at radius 3 is 2.33 bits per heavy atom. The quantitative estimate of drug-likeness (QED) is 0.287. The number of allylic oxidation sites excluding steroid dienone is 4. The van der Waals surface area contributed by atoms with Crippen LogP contribution in [0.1, 0.15) is 92.9 Å². The van der Waals surface area contributed by atoms with Gasteiger partial charge in [0.05, 0.1) is 19.1 Å². The second-order valence-electron chi connectivity index (χ2n) is 15.3. The van der Waals surface area contributed by atoms with Crippen LogP contribution in [0.4, 0.5) is 0 Å². The molecule has 0 aromatic heterocycles. The van der Waals surface area contributed by atoms with Crippen LogP contribution < -0.4 is 0 Å². The van der Waals surface area contributed by atoms with Gasteiger partial charge in [-0.15, -0.1) is 0 Å². The molecule has 218 valence electrons. The van der Waals surface area contributed by atoms with E-state index in [1.54, 1.807) is 7.11 Å². The van der Waals surface area contributed by atoms with E-state index in [0.29, 0.717) is 13.0 Å². The van der Waals surface area contributed by atoms with Gasteiger partial charge in [-0.25, -0.2) is 4.85 Å². The van der Waals surface area contributed by atoms with Crippen LogP contribution in [0.3, 0.4) is 0 Å². The van der Waals surface area contributed by atoms with E-state index in [4.69, 9.17) is 16.0 Å². The molecule has 8 atom stereocenters. The third-order valence-corrected chi connectivity index (χ3v) is 13.1. The summed E-state index contributed by atoms with van der Waals surface area (Å²) in [5.41, 5.74) is -1.25. The van der Waals surface area contributed by atoms with Crippen LogP contribution >= 0.6 is 0 Å². The molecule has 0 bridgehead atoms. The van der Waals surface area contributed by atoms with Crippen molar-refractivity contribution in [3.63, 3.8) is 0 Å². The summed E-state index contributed by atoms with van der Waals surface area (Å²) in [4.78, 5) is 45.3. The minimum absolute atomic E-state index is 0.0215. The minimum atomic E-state index is -0.734. The van der Waals surface area contributed by atoms with Gasteiger partial charge in [0, 0.05) is 30.5 Å². The van der Waals surface area contributed by atoms with Crippen LogP contribution in [-0.4, -0.2) is 38.4 Å². The smallest absolute Gasteiger partial charge is 0.312 e. The van der Waals surface area contributed by atoms with Gasteiger partial charge in [0.15, 0.2) is 11.6 Å². The fraction of sp³-hybridized carbons (Fsp3) is 0.765. The van der Waals surface area contributed by atoms with Crippen LogP contribution in [0, 0.1) is 56.8 Å². The predicted molar refractivity (Wildman–Crippen MR) is 153 cm³/mol. The monoisotopic (exact) mass is 549 g/mol. The molecule has 0 N–H and O–H groups in total. The van der Waals surface area contributed by atoms with E-state index in [1.165, 1.54) is 7.11 Å². The van der Waals surface area contributed by atoms with E-state index in [9.17, 15) is 14.4 Å². The van der Waals surface area contributed by atoms with Crippen molar-refractivity contribution >= 4 is 17.5 Å². The van der Waals surface area contributed by atoms with Gasteiger partial charge in [0.25, 0.3) is 0 Å². The molecule has 0 spiro atoms. The standard InChI is InChI=1S/C34H47NO5/c1-29(2)12-14-34(28(38)40-9)15-13-33(6)26(21(34)19-29)23(36)18-25-31(4)20-22(35-7)27(37)30(3,16-17-39-8)24(31)10-11-32(25,33)5/h18,20-21,24,26H,10-17,19H2,1-6,8-9H3/t21-,24-,26-,30-,31-,32+,33+,34-/m0/s1. The molecule has 5 rings (SSSR count). The van der Waals surface area contributed by atoms with Gasteiger partial charge < -0.3 is 14.3 Å².